The van der Waals surface area contributed by atoms with Crippen molar-refractivity contribution >= 4 is 10.1 Å². The zero-order valence-electron chi connectivity index (χ0n) is 10.3. The van der Waals surface area contributed by atoms with E-state index in [9.17, 15) is 8.42 Å². The molecule has 1 aromatic rings. The van der Waals surface area contributed by atoms with E-state index in [4.69, 9.17) is 8.92 Å². The largest absolute Gasteiger partial charge is 0.492 e. The van der Waals surface area contributed by atoms with Gasteiger partial charge in [0.15, 0.2) is 0 Å². The van der Waals surface area contributed by atoms with Crippen molar-refractivity contribution in [2.45, 2.75) is 31.1 Å². The normalized spacial score (nSPS) is 20.7. The second kappa shape index (κ2) is 3.88. The van der Waals surface area contributed by atoms with Gasteiger partial charge in [0.05, 0.1) is 12.9 Å². The summed E-state index contributed by atoms with van der Waals surface area (Å²) in [6.07, 6.45) is 5.70. The average molecular weight is 268 g/mol. The molecule has 1 heterocycles. The van der Waals surface area contributed by atoms with Crippen LogP contribution in [0.1, 0.15) is 31.2 Å². The molecule has 0 amide bonds. The number of hydrogen-bond donors (Lipinski definition) is 0. The third-order valence-corrected chi connectivity index (χ3v) is 4.33. The molecule has 0 radical (unpaired) electrons. The highest BCUT2D eigenvalue weighted by Crippen LogP contribution is 2.50. The predicted molar refractivity (Wildman–Crippen MR) is 67.6 cm³/mol. The molecule has 2 aliphatic rings. The molecule has 0 aromatic heterocycles. The third kappa shape index (κ3) is 1.96. The van der Waals surface area contributed by atoms with Crippen LogP contribution in [0.5, 0.6) is 11.5 Å². The van der Waals surface area contributed by atoms with E-state index < -0.39 is 10.1 Å². The van der Waals surface area contributed by atoms with E-state index >= 15 is 0 Å². The zero-order chi connectivity index (χ0) is 12.8. The molecular weight excluding hydrogens is 252 g/mol. The second-order valence-corrected chi connectivity index (χ2v) is 6.80. The lowest BCUT2D eigenvalue weighted by Crippen LogP contribution is -2.23. The van der Waals surface area contributed by atoms with E-state index in [2.05, 4.69) is 0 Å². The molecule has 5 heteroatoms. The van der Waals surface area contributed by atoms with Crippen molar-refractivity contribution in [1.82, 2.24) is 0 Å². The average Bonchev–Trinajstić information content (AvgIpc) is 2.87. The van der Waals surface area contributed by atoms with Crippen LogP contribution in [0.3, 0.4) is 0 Å². The number of rotatable bonds is 2. The van der Waals surface area contributed by atoms with Gasteiger partial charge in [-0.05, 0) is 31.0 Å². The summed E-state index contributed by atoms with van der Waals surface area (Å²) in [5.74, 6) is 1.26. The van der Waals surface area contributed by atoms with Gasteiger partial charge in [-0.15, -0.1) is 0 Å². The third-order valence-electron chi connectivity index (χ3n) is 3.83. The molecule has 0 unspecified atom stereocenters. The van der Waals surface area contributed by atoms with Gasteiger partial charge in [0.1, 0.15) is 11.5 Å². The van der Waals surface area contributed by atoms with E-state index in [1.165, 1.54) is 12.8 Å². The topological polar surface area (TPSA) is 52.6 Å². The first-order chi connectivity index (χ1) is 8.49. The molecular formula is C13H16O4S. The summed E-state index contributed by atoms with van der Waals surface area (Å²) >= 11 is 0. The number of fused-ring (bicyclic) bond motifs is 2. The first-order valence-electron chi connectivity index (χ1n) is 6.15. The van der Waals surface area contributed by atoms with Gasteiger partial charge in [-0.25, -0.2) is 0 Å². The minimum Gasteiger partial charge on any atom is -0.492 e. The lowest BCUT2D eigenvalue weighted by atomic mass is 9.81. The molecule has 0 atom stereocenters. The molecule has 1 saturated carbocycles. The van der Waals surface area contributed by atoms with Crippen LogP contribution in [0.15, 0.2) is 18.2 Å². The van der Waals surface area contributed by atoms with Crippen LogP contribution in [0, 0.1) is 0 Å². The van der Waals surface area contributed by atoms with Crippen molar-refractivity contribution in [3.05, 3.63) is 23.8 Å². The molecule has 1 aromatic carbocycles. The summed E-state index contributed by atoms with van der Waals surface area (Å²) in [7, 11) is -3.47. The first kappa shape index (κ1) is 11.8. The highest BCUT2D eigenvalue weighted by Gasteiger charge is 2.43. The van der Waals surface area contributed by atoms with Crippen LogP contribution < -0.4 is 8.92 Å². The van der Waals surface area contributed by atoms with Crippen molar-refractivity contribution in [2.75, 3.05) is 12.9 Å². The number of benzene rings is 1. The van der Waals surface area contributed by atoms with Crippen molar-refractivity contribution in [3.8, 4) is 11.5 Å². The van der Waals surface area contributed by atoms with Crippen molar-refractivity contribution < 1.29 is 17.3 Å². The van der Waals surface area contributed by atoms with Gasteiger partial charge in [-0.2, -0.15) is 8.42 Å². The SMILES string of the molecule is CS(=O)(=O)Oc1ccc2c(c1)C1(CCCC1)CO2. The lowest BCUT2D eigenvalue weighted by molar-refractivity contribution is 0.268. The van der Waals surface area contributed by atoms with Crippen LogP contribution in [0.25, 0.3) is 0 Å². The summed E-state index contributed by atoms with van der Waals surface area (Å²) in [5, 5.41) is 0. The van der Waals surface area contributed by atoms with E-state index in [1.807, 2.05) is 12.1 Å². The summed E-state index contributed by atoms with van der Waals surface area (Å²) in [5.41, 5.74) is 1.20. The Bertz CT molecular complexity index is 571. The Labute approximate surface area is 107 Å². The fraction of sp³-hybridized carbons (Fsp3) is 0.538. The van der Waals surface area contributed by atoms with Gasteiger partial charge < -0.3 is 8.92 Å². The van der Waals surface area contributed by atoms with Crippen LogP contribution in [-0.2, 0) is 15.5 Å². The van der Waals surface area contributed by atoms with Crippen molar-refractivity contribution in [1.29, 1.82) is 0 Å². The molecule has 0 saturated heterocycles. The van der Waals surface area contributed by atoms with Gasteiger partial charge >= 0.3 is 10.1 Å². The van der Waals surface area contributed by atoms with Gasteiger partial charge in [0, 0.05) is 11.0 Å². The minimum absolute atomic E-state index is 0.0895. The molecule has 18 heavy (non-hydrogen) atoms. The molecule has 1 aliphatic heterocycles. The van der Waals surface area contributed by atoms with Crippen LogP contribution in [-0.4, -0.2) is 21.3 Å². The highest BCUT2D eigenvalue weighted by atomic mass is 32.2. The van der Waals surface area contributed by atoms with Crippen LogP contribution in [0.4, 0.5) is 0 Å². The molecule has 3 rings (SSSR count). The molecule has 1 fully saturated rings. The van der Waals surface area contributed by atoms with E-state index in [-0.39, 0.29) is 5.41 Å². The Balaban J connectivity index is 1.99. The molecule has 0 bridgehead atoms. The van der Waals surface area contributed by atoms with Gasteiger partial charge in [-0.1, -0.05) is 12.8 Å². The molecule has 98 valence electrons. The quantitative estimate of drug-likeness (QED) is 0.772. The minimum atomic E-state index is -3.47. The number of ether oxygens (including phenoxy) is 1. The summed E-state index contributed by atoms with van der Waals surface area (Å²) in [6.45, 7) is 0.713. The second-order valence-electron chi connectivity index (χ2n) is 5.22. The zero-order valence-corrected chi connectivity index (χ0v) is 11.1. The van der Waals surface area contributed by atoms with Crippen LogP contribution in [0.2, 0.25) is 0 Å². The summed E-state index contributed by atoms with van der Waals surface area (Å²) in [6, 6.07) is 5.28. The fourth-order valence-electron chi connectivity index (χ4n) is 3.04. The fourth-order valence-corrected chi connectivity index (χ4v) is 3.49. The monoisotopic (exact) mass is 268 g/mol. The Morgan fingerprint density at radius 3 is 2.67 bits per heavy atom. The predicted octanol–water partition coefficient (Wildman–Crippen LogP) is 2.23. The smallest absolute Gasteiger partial charge is 0.306 e. The Morgan fingerprint density at radius 1 is 1.28 bits per heavy atom. The first-order valence-corrected chi connectivity index (χ1v) is 7.97. The summed E-state index contributed by atoms with van der Waals surface area (Å²) in [4.78, 5) is 0. The van der Waals surface area contributed by atoms with Crippen molar-refractivity contribution in [2.24, 2.45) is 0 Å². The Morgan fingerprint density at radius 2 is 2.00 bits per heavy atom. The van der Waals surface area contributed by atoms with Gasteiger partial charge in [-0.3, -0.25) is 0 Å². The highest BCUT2D eigenvalue weighted by molar-refractivity contribution is 7.86. The van der Waals surface area contributed by atoms with E-state index in [1.54, 1.807) is 6.07 Å². The van der Waals surface area contributed by atoms with Gasteiger partial charge in [0.2, 0.25) is 0 Å². The molecule has 1 spiro atoms. The van der Waals surface area contributed by atoms with E-state index in [0.717, 1.165) is 30.4 Å². The summed E-state index contributed by atoms with van der Waals surface area (Å²) < 4.78 is 33.0. The van der Waals surface area contributed by atoms with Gasteiger partial charge in [0.25, 0.3) is 0 Å². The molecule has 1 aliphatic carbocycles. The molecule has 4 nitrogen and oxygen atoms in total. The van der Waals surface area contributed by atoms with Crippen LogP contribution >= 0.6 is 0 Å². The molecule has 0 N–H and O–H groups in total. The maximum Gasteiger partial charge on any atom is 0.306 e. The maximum absolute atomic E-state index is 11.2. The number of hydrogen-bond acceptors (Lipinski definition) is 4. The standard InChI is InChI=1S/C13H16O4S/c1-18(14,15)17-10-4-5-12-11(8-10)13(9-16-12)6-2-3-7-13/h4-5,8H,2-3,6-7,9H2,1H3. The van der Waals surface area contributed by atoms with Crippen molar-refractivity contribution in [3.63, 3.8) is 0 Å². The Hall–Kier alpha value is -1.23. The lowest BCUT2D eigenvalue weighted by Gasteiger charge is -2.21. The maximum atomic E-state index is 11.2. The van der Waals surface area contributed by atoms with E-state index in [0.29, 0.717) is 12.4 Å². The Kier molecular flexibility index (Phi) is 2.55.